The van der Waals surface area contributed by atoms with Gasteiger partial charge in [0, 0.05) is 24.2 Å². The van der Waals surface area contributed by atoms with Crippen LogP contribution in [0, 0.1) is 10.1 Å². The summed E-state index contributed by atoms with van der Waals surface area (Å²) >= 11 is 11.6. The predicted octanol–water partition coefficient (Wildman–Crippen LogP) is 3.60. The summed E-state index contributed by atoms with van der Waals surface area (Å²) in [6.45, 7) is 0.0207. The maximum absolute atomic E-state index is 12.0. The molecule has 0 radical (unpaired) electrons. The number of nitro groups is 1. The van der Waals surface area contributed by atoms with Gasteiger partial charge in [-0.15, -0.1) is 0 Å². The number of carbonyl (C=O) groups excluding carboxylic acids is 2. The first kappa shape index (κ1) is 21.5. The summed E-state index contributed by atoms with van der Waals surface area (Å²) in [5, 5.41) is 11.1. The molecule has 0 atom stereocenters. The molecule has 0 bridgehead atoms. The maximum atomic E-state index is 12.0. The highest BCUT2D eigenvalue weighted by Crippen LogP contribution is 2.23. The minimum absolute atomic E-state index is 0.0613. The Kier molecular flexibility index (Phi) is 7.60. The van der Waals surface area contributed by atoms with Gasteiger partial charge in [0.25, 0.3) is 11.6 Å². The van der Waals surface area contributed by atoms with Gasteiger partial charge in [-0.05, 0) is 30.3 Å². The second-order valence-electron chi connectivity index (χ2n) is 5.62. The fourth-order valence-electron chi connectivity index (χ4n) is 2.05. The van der Waals surface area contributed by atoms with Crippen molar-refractivity contribution >= 4 is 40.8 Å². The summed E-state index contributed by atoms with van der Waals surface area (Å²) in [5.74, 6) is -0.672. The topological polar surface area (TPSA) is 99.0 Å². The van der Waals surface area contributed by atoms with Crippen molar-refractivity contribution in [3.8, 4) is 5.75 Å². The minimum Gasteiger partial charge on any atom is -0.492 e. The number of hydrogen-bond acceptors (Lipinski definition) is 6. The van der Waals surface area contributed by atoms with E-state index in [-0.39, 0.29) is 29.4 Å². The van der Waals surface area contributed by atoms with E-state index in [0.717, 1.165) is 12.1 Å². The maximum Gasteiger partial charge on any atom is 0.340 e. The van der Waals surface area contributed by atoms with Crippen molar-refractivity contribution in [2.75, 3.05) is 26.8 Å². The van der Waals surface area contributed by atoms with Gasteiger partial charge in [0.15, 0.2) is 6.61 Å². The average molecular weight is 427 g/mol. The number of likely N-dealkylation sites (N-methyl/N-ethyl adjacent to an activating group) is 1. The van der Waals surface area contributed by atoms with Crippen molar-refractivity contribution < 1.29 is 24.0 Å². The molecule has 0 unspecified atom stereocenters. The lowest BCUT2D eigenvalue weighted by atomic mass is 10.2. The van der Waals surface area contributed by atoms with Crippen molar-refractivity contribution in [3.63, 3.8) is 0 Å². The lowest BCUT2D eigenvalue weighted by molar-refractivity contribution is -0.384. The van der Waals surface area contributed by atoms with E-state index in [1.807, 2.05) is 0 Å². The first-order valence-corrected chi connectivity index (χ1v) is 8.77. The third-order valence-corrected chi connectivity index (χ3v) is 4.21. The van der Waals surface area contributed by atoms with E-state index in [9.17, 15) is 19.7 Å². The number of rotatable bonds is 8. The molecule has 2 rings (SSSR count). The van der Waals surface area contributed by atoms with E-state index >= 15 is 0 Å². The first-order chi connectivity index (χ1) is 13.3. The molecule has 0 heterocycles. The van der Waals surface area contributed by atoms with Crippen molar-refractivity contribution in [3.05, 3.63) is 68.2 Å². The molecule has 8 nitrogen and oxygen atoms in total. The zero-order chi connectivity index (χ0) is 20.7. The summed E-state index contributed by atoms with van der Waals surface area (Å²) in [7, 11) is 1.54. The normalized spacial score (nSPS) is 10.2. The van der Waals surface area contributed by atoms with Crippen LogP contribution in [0.3, 0.4) is 0 Å². The number of non-ortho nitro benzene ring substituents is 1. The number of amides is 1. The van der Waals surface area contributed by atoms with Crippen LogP contribution in [0.25, 0.3) is 0 Å². The Morgan fingerprint density at radius 2 is 1.82 bits per heavy atom. The number of nitro benzene ring substituents is 1. The highest BCUT2D eigenvalue weighted by molar-refractivity contribution is 6.33. The molecule has 0 saturated heterocycles. The molecule has 0 aliphatic heterocycles. The van der Waals surface area contributed by atoms with Gasteiger partial charge in [-0.25, -0.2) is 4.79 Å². The highest BCUT2D eigenvalue weighted by Gasteiger charge is 2.18. The molecular formula is C18H16Cl2N2O6. The average Bonchev–Trinajstić information content (AvgIpc) is 2.67. The van der Waals surface area contributed by atoms with E-state index < -0.39 is 23.4 Å². The van der Waals surface area contributed by atoms with Gasteiger partial charge < -0.3 is 14.4 Å². The number of halogens is 2. The van der Waals surface area contributed by atoms with E-state index in [2.05, 4.69) is 0 Å². The number of nitrogens with zero attached hydrogens (tertiary/aromatic N) is 2. The van der Waals surface area contributed by atoms with Crippen LogP contribution in [-0.4, -0.2) is 48.5 Å². The summed E-state index contributed by atoms with van der Waals surface area (Å²) in [5.41, 5.74) is -0.313. The van der Waals surface area contributed by atoms with Gasteiger partial charge in [0.2, 0.25) is 0 Å². The van der Waals surface area contributed by atoms with Crippen LogP contribution in [0.4, 0.5) is 5.69 Å². The summed E-state index contributed by atoms with van der Waals surface area (Å²) in [6.07, 6.45) is 0. The lowest BCUT2D eigenvalue weighted by Crippen LogP contribution is -2.34. The van der Waals surface area contributed by atoms with Crippen LogP contribution >= 0.6 is 23.2 Å². The van der Waals surface area contributed by atoms with Crippen molar-refractivity contribution in [2.45, 2.75) is 0 Å². The van der Waals surface area contributed by atoms with Gasteiger partial charge in [-0.3, -0.25) is 14.9 Å². The molecule has 2 aromatic carbocycles. The van der Waals surface area contributed by atoms with Crippen molar-refractivity contribution in [1.29, 1.82) is 0 Å². The Morgan fingerprint density at radius 3 is 2.43 bits per heavy atom. The zero-order valence-electron chi connectivity index (χ0n) is 14.8. The second-order valence-corrected chi connectivity index (χ2v) is 6.46. The van der Waals surface area contributed by atoms with E-state index in [4.69, 9.17) is 32.7 Å². The van der Waals surface area contributed by atoms with Crippen molar-refractivity contribution in [2.24, 2.45) is 0 Å². The molecule has 0 aliphatic rings. The molecule has 10 heteroatoms. The minimum atomic E-state index is -0.848. The molecule has 0 saturated carbocycles. The molecule has 2 aromatic rings. The smallest absolute Gasteiger partial charge is 0.340 e. The number of esters is 1. The number of benzene rings is 2. The number of carbonyl (C=O) groups is 2. The van der Waals surface area contributed by atoms with Gasteiger partial charge in [-0.2, -0.15) is 0 Å². The van der Waals surface area contributed by atoms with Crippen LogP contribution in [0.1, 0.15) is 10.4 Å². The molecule has 148 valence electrons. The Morgan fingerprint density at radius 1 is 1.14 bits per heavy atom. The van der Waals surface area contributed by atoms with Crippen LogP contribution < -0.4 is 4.74 Å². The zero-order valence-corrected chi connectivity index (χ0v) is 16.3. The predicted molar refractivity (Wildman–Crippen MR) is 103 cm³/mol. The molecule has 0 fully saturated rings. The standard InChI is InChI=1S/C18H16Cl2N2O6/c1-21(8-9-27-14-5-2-12(19)3-6-14)17(23)11-28-18(24)15-7-4-13(22(25)26)10-16(15)20/h2-7,10H,8-9,11H2,1H3. The first-order valence-electron chi connectivity index (χ1n) is 8.01. The summed E-state index contributed by atoms with van der Waals surface area (Å²) < 4.78 is 10.4. The monoisotopic (exact) mass is 426 g/mol. The Hall–Kier alpha value is -2.84. The third kappa shape index (κ3) is 6.11. The number of hydrogen-bond donors (Lipinski definition) is 0. The molecule has 0 aliphatic carbocycles. The molecule has 28 heavy (non-hydrogen) atoms. The van der Waals surface area contributed by atoms with E-state index in [1.54, 1.807) is 31.3 Å². The van der Waals surface area contributed by atoms with E-state index in [1.165, 1.54) is 11.0 Å². The second kappa shape index (κ2) is 9.91. The fraction of sp³-hybridized carbons (Fsp3) is 0.222. The van der Waals surface area contributed by atoms with E-state index in [0.29, 0.717) is 10.8 Å². The third-order valence-electron chi connectivity index (χ3n) is 3.64. The Labute approximate surface area is 170 Å². The lowest BCUT2D eigenvalue weighted by Gasteiger charge is -2.17. The Bertz CT molecular complexity index is 873. The number of ether oxygens (including phenoxy) is 2. The molecule has 0 aromatic heterocycles. The van der Waals surface area contributed by atoms with Gasteiger partial charge in [0.1, 0.15) is 12.4 Å². The van der Waals surface area contributed by atoms with Crippen molar-refractivity contribution in [1.82, 2.24) is 4.90 Å². The van der Waals surface area contributed by atoms with Crippen LogP contribution in [-0.2, 0) is 9.53 Å². The van der Waals surface area contributed by atoms with Crippen LogP contribution in [0.5, 0.6) is 5.75 Å². The Balaban J connectivity index is 1.79. The highest BCUT2D eigenvalue weighted by atomic mass is 35.5. The fourth-order valence-corrected chi connectivity index (χ4v) is 2.43. The van der Waals surface area contributed by atoms with Crippen LogP contribution in [0.2, 0.25) is 10.0 Å². The van der Waals surface area contributed by atoms with Gasteiger partial charge in [-0.1, -0.05) is 23.2 Å². The van der Waals surface area contributed by atoms with Crippen LogP contribution in [0.15, 0.2) is 42.5 Å². The molecule has 1 amide bonds. The SMILES string of the molecule is CN(CCOc1ccc(Cl)cc1)C(=O)COC(=O)c1ccc([N+](=O)[O-])cc1Cl. The molecule has 0 N–H and O–H groups in total. The molecular weight excluding hydrogens is 411 g/mol. The molecule has 0 spiro atoms. The quantitative estimate of drug-likeness (QED) is 0.363. The summed E-state index contributed by atoms with van der Waals surface area (Å²) in [4.78, 5) is 35.5. The van der Waals surface area contributed by atoms with Gasteiger partial charge >= 0.3 is 5.97 Å². The van der Waals surface area contributed by atoms with Gasteiger partial charge in [0.05, 0.1) is 22.1 Å². The largest absolute Gasteiger partial charge is 0.492 e. The summed E-state index contributed by atoms with van der Waals surface area (Å²) in [6, 6.07) is 10.1.